The average molecular weight is 318 g/mol. The number of rotatable bonds is 4. The molecule has 1 aliphatic carbocycles. The molecule has 0 spiro atoms. The monoisotopic (exact) mass is 318 g/mol. The fraction of sp³-hybridized carbons (Fsp3) is 0.400. The molecule has 1 atom stereocenters. The second-order valence-electron chi connectivity index (χ2n) is 6.43. The van der Waals surface area contributed by atoms with Crippen molar-refractivity contribution >= 4 is 0 Å². The minimum absolute atomic E-state index is 0.155. The second kappa shape index (κ2) is 6.77. The molecular weight excluding hydrogens is 297 g/mol. The first kappa shape index (κ1) is 16.1. The van der Waals surface area contributed by atoms with E-state index in [2.05, 4.69) is 0 Å². The zero-order chi connectivity index (χ0) is 16.4. The van der Waals surface area contributed by atoms with Crippen LogP contribution in [0.15, 0.2) is 30.3 Å². The molecule has 23 heavy (non-hydrogen) atoms. The first-order valence-electron chi connectivity index (χ1n) is 8.31. The van der Waals surface area contributed by atoms with Crippen molar-refractivity contribution in [2.75, 3.05) is 0 Å². The molecule has 0 radical (unpaired) electrons. The van der Waals surface area contributed by atoms with E-state index in [0.29, 0.717) is 24.0 Å². The summed E-state index contributed by atoms with van der Waals surface area (Å²) in [6, 6.07) is 8.31. The van der Waals surface area contributed by atoms with Crippen molar-refractivity contribution in [1.82, 2.24) is 0 Å². The Morgan fingerprint density at radius 1 is 1.04 bits per heavy atom. The van der Waals surface area contributed by atoms with E-state index in [4.69, 9.17) is 0 Å². The van der Waals surface area contributed by atoms with Crippen LogP contribution in [0.25, 0.3) is 0 Å². The summed E-state index contributed by atoms with van der Waals surface area (Å²) < 4.78 is 41.4. The van der Waals surface area contributed by atoms with E-state index in [-0.39, 0.29) is 11.7 Å². The summed E-state index contributed by atoms with van der Waals surface area (Å²) in [5, 5.41) is 0. The highest BCUT2D eigenvalue weighted by molar-refractivity contribution is 5.32. The van der Waals surface area contributed by atoms with Crippen molar-refractivity contribution in [3.63, 3.8) is 0 Å². The van der Waals surface area contributed by atoms with Gasteiger partial charge in [-0.1, -0.05) is 25.1 Å². The minimum atomic E-state index is -0.773. The van der Waals surface area contributed by atoms with Gasteiger partial charge in [-0.3, -0.25) is 0 Å². The standard InChI is InChI=1S/C20H21F3/c1-2-13-3-7-16(19(22)12-13)8-5-14-4-6-15-9-10-18(21)20(23)17(15)11-14/h3,7,9-10,12,14H,2,4-6,8,11H2,1H3. The van der Waals surface area contributed by atoms with Gasteiger partial charge in [0.25, 0.3) is 0 Å². The van der Waals surface area contributed by atoms with Crippen LogP contribution in [0, 0.1) is 23.4 Å². The topological polar surface area (TPSA) is 0 Å². The molecule has 0 fully saturated rings. The first-order valence-corrected chi connectivity index (χ1v) is 8.31. The molecule has 0 heterocycles. The molecule has 2 aromatic rings. The highest BCUT2D eigenvalue weighted by atomic mass is 19.2. The van der Waals surface area contributed by atoms with Crippen LogP contribution in [0.3, 0.4) is 0 Å². The molecule has 1 aliphatic rings. The van der Waals surface area contributed by atoms with Crippen LogP contribution in [0.2, 0.25) is 0 Å². The summed E-state index contributed by atoms with van der Waals surface area (Å²) in [6.07, 6.45) is 4.54. The number of hydrogen-bond donors (Lipinski definition) is 0. The third-order valence-electron chi connectivity index (χ3n) is 4.96. The Morgan fingerprint density at radius 3 is 2.61 bits per heavy atom. The van der Waals surface area contributed by atoms with Crippen LogP contribution < -0.4 is 0 Å². The zero-order valence-corrected chi connectivity index (χ0v) is 13.3. The Bertz CT molecular complexity index is 706. The molecule has 0 bridgehead atoms. The molecule has 0 saturated heterocycles. The van der Waals surface area contributed by atoms with Crippen molar-refractivity contribution < 1.29 is 13.2 Å². The summed E-state index contributed by atoms with van der Waals surface area (Å²) in [6.45, 7) is 2.00. The van der Waals surface area contributed by atoms with Gasteiger partial charge < -0.3 is 0 Å². The van der Waals surface area contributed by atoms with E-state index < -0.39 is 11.6 Å². The Morgan fingerprint density at radius 2 is 1.87 bits per heavy atom. The van der Waals surface area contributed by atoms with Gasteiger partial charge in [0, 0.05) is 0 Å². The van der Waals surface area contributed by atoms with Crippen molar-refractivity contribution in [3.8, 4) is 0 Å². The Hall–Kier alpha value is -1.77. The first-order chi connectivity index (χ1) is 11.1. The second-order valence-corrected chi connectivity index (χ2v) is 6.43. The van der Waals surface area contributed by atoms with Gasteiger partial charge in [-0.2, -0.15) is 0 Å². The maximum absolute atomic E-state index is 14.0. The number of hydrogen-bond acceptors (Lipinski definition) is 0. The van der Waals surface area contributed by atoms with Crippen molar-refractivity contribution in [1.29, 1.82) is 0 Å². The fourth-order valence-corrected chi connectivity index (χ4v) is 3.46. The van der Waals surface area contributed by atoms with E-state index in [1.807, 2.05) is 19.1 Å². The lowest BCUT2D eigenvalue weighted by molar-refractivity contribution is 0.403. The largest absolute Gasteiger partial charge is 0.207 e. The predicted octanol–water partition coefficient (Wildman–Crippen LogP) is 5.40. The number of benzene rings is 2. The number of fused-ring (bicyclic) bond motifs is 1. The summed E-state index contributed by atoms with van der Waals surface area (Å²) in [5.41, 5.74) is 3.14. The summed E-state index contributed by atoms with van der Waals surface area (Å²) in [4.78, 5) is 0. The van der Waals surface area contributed by atoms with Gasteiger partial charge in [-0.05, 0) is 78.8 Å². The molecular formula is C20H21F3. The molecule has 2 aromatic carbocycles. The van der Waals surface area contributed by atoms with Gasteiger partial charge in [0.05, 0.1) is 0 Å². The number of halogens is 3. The van der Waals surface area contributed by atoms with Crippen LogP contribution in [-0.4, -0.2) is 0 Å². The smallest absolute Gasteiger partial charge is 0.162 e. The maximum atomic E-state index is 14.0. The molecule has 0 aliphatic heterocycles. The van der Waals surface area contributed by atoms with E-state index >= 15 is 0 Å². The normalized spacial score (nSPS) is 17.1. The van der Waals surface area contributed by atoms with Gasteiger partial charge in [-0.15, -0.1) is 0 Å². The molecule has 3 rings (SSSR count). The number of aryl methyl sites for hydroxylation is 3. The molecule has 0 nitrogen and oxygen atoms in total. The van der Waals surface area contributed by atoms with Crippen LogP contribution in [0.1, 0.15) is 42.0 Å². The molecule has 0 amide bonds. The minimum Gasteiger partial charge on any atom is -0.207 e. The molecule has 3 heteroatoms. The Labute approximate surface area is 135 Å². The van der Waals surface area contributed by atoms with Crippen molar-refractivity contribution in [3.05, 3.63) is 70.0 Å². The quantitative estimate of drug-likeness (QED) is 0.707. The Kier molecular flexibility index (Phi) is 4.74. The van der Waals surface area contributed by atoms with Gasteiger partial charge in [0.1, 0.15) is 5.82 Å². The summed E-state index contributed by atoms with van der Waals surface area (Å²) >= 11 is 0. The van der Waals surface area contributed by atoms with E-state index in [0.717, 1.165) is 36.8 Å². The van der Waals surface area contributed by atoms with E-state index in [1.54, 1.807) is 12.1 Å². The Balaban J connectivity index is 1.67. The maximum Gasteiger partial charge on any atom is 0.162 e. The highest BCUT2D eigenvalue weighted by Crippen LogP contribution is 2.31. The summed E-state index contributed by atoms with van der Waals surface area (Å²) in [5.74, 6) is -1.35. The lowest BCUT2D eigenvalue weighted by atomic mass is 9.80. The lowest BCUT2D eigenvalue weighted by Crippen LogP contribution is -2.17. The SMILES string of the molecule is CCc1ccc(CCC2CCc3ccc(F)c(F)c3C2)c(F)c1. The zero-order valence-electron chi connectivity index (χ0n) is 13.3. The van der Waals surface area contributed by atoms with Crippen molar-refractivity contribution in [2.45, 2.75) is 45.4 Å². The third kappa shape index (κ3) is 3.44. The fourth-order valence-electron chi connectivity index (χ4n) is 3.46. The summed E-state index contributed by atoms with van der Waals surface area (Å²) in [7, 11) is 0. The van der Waals surface area contributed by atoms with Crippen LogP contribution >= 0.6 is 0 Å². The molecule has 0 aromatic heterocycles. The van der Waals surface area contributed by atoms with Crippen molar-refractivity contribution in [2.24, 2.45) is 5.92 Å². The molecule has 0 saturated carbocycles. The third-order valence-corrected chi connectivity index (χ3v) is 4.96. The van der Waals surface area contributed by atoms with Gasteiger partial charge >= 0.3 is 0 Å². The van der Waals surface area contributed by atoms with E-state index in [1.165, 1.54) is 6.07 Å². The average Bonchev–Trinajstić information content (AvgIpc) is 2.57. The van der Waals surface area contributed by atoms with Crippen LogP contribution in [0.4, 0.5) is 13.2 Å². The van der Waals surface area contributed by atoms with Crippen LogP contribution in [-0.2, 0) is 25.7 Å². The lowest BCUT2D eigenvalue weighted by Gasteiger charge is -2.25. The highest BCUT2D eigenvalue weighted by Gasteiger charge is 2.23. The predicted molar refractivity (Wildman–Crippen MR) is 86.0 cm³/mol. The van der Waals surface area contributed by atoms with Crippen LogP contribution in [0.5, 0.6) is 0 Å². The molecule has 122 valence electrons. The van der Waals surface area contributed by atoms with E-state index in [9.17, 15) is 13.2 Å². The molecule has 1 unspecified atom stereocenters. The van der Waals surface area contributed by atoms with Gasteiger partial charge in [-0.25, -0.2) is 13.2 Å². The van der Waals surface area contributed by atoms with Gasteiger partial charge in [0.15, 0.2) is 11.6 Å². The van der Waals surface area contributed by atoms with Gasteiger partial charge in [0.2, 0.25) is 0 Å². The molecule has 0 N–H and O–H groups in total.